The first-order chi connectivity index (χ1) is 9.31. The maximum atomic E-state index is 4.05. The van der Waals surface area contributed by atoms with E-state index in [0.29, 0.717) is 0 Å². The van der Waals surface area contributed by atoms with Crippen molar-refractivity contribution < 1.29 is 0 Å². The van der Waals surface area contributed by atoms with Crippen molar-refractivity contribution >= 4 is 0 Å². The minimum Gasteiger partial charge on any atom is -0.309 e. The first-order valence-corrected chi connectivity index (χ1v) is 6.70. The van der Waals surface area contributed by atoms with Gasteiger partial charge in [0.05, 0.1) is 0 Å². The number of hydrogen-bond donors (Lipinski definition) is 1. The molecule has 3 nitrogen and oxygen atoms in total. The normalized spacial score (nSPS) is 13.8. The van der Waals surface area contributed by atoms with E-state index >= 15 is 0 Å². The largest absolute Gasteiger partial charge is 0.309 e. The Morgan fingerprint density at radius 1 is 1.00 bits per heavy atom. The van der Waals surface area contributed by atoms with Crippen molar-refractivity contribution in [2.75, 3.05) is 7.05 Å². The lowest BCUT2D eigenvalue weighted by molar-refractivity contribution is 0.319. The molecule has 2 heterocycles. The molecular formula is C16H19N3. The van der Waals surface area contributed by atoms with Crippen LogP contribution < -0.4 is 5.32 Å². The predicted molar refractivity (Wildman–Crippen MR) is 76.4 cm³/mol. The number of fused-ring (bicyclic) bond motifs is 1. The molecule has 0 bridgehead atoms. The van der Waals surface area contributed by atoms with Crippen LogP contribution in [0.5, 0.6) is 0 Å². The van der Waals surface area contributed by atoms with E-state index in [-0.39, 0.29) is 0 Å². The van der Waals surface area contributed by atoms with Crippen molar-refractivity contribution in [1.29, 1.82) is 0 Å². The summed E-state index contributed by atoms with van der Waals surface area (Å²) in [6.45, 7) is 3.97. The van der Waals surface area contributed by atoms with Gasteiger partial charge < -0.3 is 5.32 Å². The summed E-state index contributed by atoms with van der Waals surface area (Å²) in [4.78, 5) is 6.38. The van der Waals surface area contributed by atoms with Gasteiger partial charge in [0.15, 0.2) is 0 Å². The van der Waals surface area contributed by atoms with Crippen molar-refractivity contribution in [3.63, 3.8) is 0 Å². The molecule has 2 aromatic rings. The summed E-state index contributed by atoms with van der Waals surface area (Å²) in [6.07, 6.45) is 3.70. The SMILES string of the molecule is CN(Cc1ccncc1)Cc1ccc2c(c1)CNC2. The standard InChI is InChI=1S/C16H19N3/c1-19(11-13-4-6-17-7-5-13)12-14-2-3-15-9-18-10-16(15)8-14/h2-8,18H,9-12H2,1H3. The monoisotopic (exact) mass is 253 g/mol. The molecule has 1 aliphatic rings. The summed E-state index contributed by atoms with van der Waals surface area (Å²) in [7, 11) is 2.16. The molecular weight excluding hydrogens is 234 g/mol. The Morgan fingerprint density at radius 2 is 1.74 bits per heavy atom. The predicted octanol–water partition coefficient (Wildman–Crippen LogP) is 2.32. The lowest BCUT2D eigenvalue weighted by Crippen LogP contribution is -2.17. The number of hydrogen-bond acceptors (Lipinski definition) is 3. The number of nitrogens with zero attached hydrogens (tertiary/aromatic N) is 2. The summed E-state index contributed by atoms with van der Waals surface area (Å²) in [5.41, 5.74) is 5.59. The summed E-state index contributed by atoms with van der Waals surface area (Å²) in [5, 5.41) is 3.39. The molecule has 1 N–H and O–H groups in total. The van der Waals surface area contributed by atoms with Gasteiger partial charge in [-0.1, -0.05) is 18.2 Å². The lowest BCUT2D eigenvalue weighted by Gasteiger charge is -2.17. The molecule has 1 aromatic heterocycles. The van der Waals surface area contributed by atoms with Gasteiger partial charge in [0, 0.05) is 38.6 Å². The van der Waals surface area contributed by atoms with Gasteiger partial charge in [0.1, 0.15) is 0 Å². The molecule has 0 saturated carbocycles. The second kappa shape index (κ2) is 5.51. The third kappa shape index (κ3) is 3.00. The van der Waals surface area contributed by atoms with Gasteiger partial charge >= 0.3 is 0 Å². The fourth-order valence-electron chi connectivity index (χ4n) is 2.61. The van der Waals surface area contributed by atoms with Crippen LogP contribution in [0.2, 0.25) is 0 Å². The third-order valence-corrected chi connectivity index (χ3v) is 3.56. The fourth-order valence-corrected chi connectivity index (χ4v) is 2.61. The van der Waals surface area contributed by atoms with Crippen LogP contribution in [0.3, 0.4) is 0 Å². The summed E-state index contributed by atoms with van der Waals surface area (Å²) in [6, 6.07) is 11.0. The van der Waals surface area contributed by atoms with Crippen molar-refractivity contribution in [3.05, 3.63) is 65.0 Å². The molecule has 0 amide bonds. The summed E-state index contributed by atoms with van der Waals surface area (Å²) < 4.78 is 0. The zero-order valence-corrected chi connectivity index (χ0v) is 11.3. The molecule has 0 spiro atoms. The number of nitrogens with one attached hydrogen (secondary N) is 1. The summed E-state index contributed by atoms with van der Waals surface area (Å²) in [5.74, 6) is 0. The van der Waals surface area contributed by atoms with Gasteiger partial charge in [-0.2, -0.15) is 0 Å². The van der Waals surface area contributed by atoms with E-state index in [1.807, 2.05) is 12.4 Å². The van der Waals surface area contributed by atoms with E-state index in [4.69, 9.17) is 0 Å². The lowest BCUT2D eigenvalue weighted by atomic mass is 10.1. The van der Waals surface area contributed by atoms with Crippen LogP contribution >= 0.6 is 0 Å². The van der Waals surface area contributed by atoms with E-state index in [1.54, 1.807) is 0 Å². The maximum Gasteiger partial charge on any atom is 0.0271 e. The Hall–Kier alpha value is -1.71. The van der Waals surface area contributed by atoms with Gasteiger partial charge in [0.25, 0.3) is 0 Å². The third-order valence-electron chi connectivity index (χ3n) is 3.56. The van der Waals surface area contributed by atoms with E-state index in [2.05, 4.69) is 52.6 Å². The smallest absolute Gasteiger partial charge is 0.0271 e. The Kier molecular flexibility index (Phi) is 3.58. The molecule has 1 aliphatic heterocycles. The zero-order chi connectivity index (χ0) is 13.1. The molecule has 0 fully saturated rings. The first-order valence-electron chi connectivity index (χ1n) is 6.70. The highest BCUT2D eigenvalue weighted by atomic mass is 15.1. The van der Waals surface area contributed by atoms with Crippen LogP contribution in [0.25, 0.3) is 0 Å². The van der Waals surface area contributed by atoms with Crippen molar-refractivity contribution in [1.82, 2.24) is 15.2 Å². The molecule has 19 heavy (non-hydrogen) atoms. The van der Waals surface area contributed by atoms with Crippen LogP contribution in [0.4, 0.5) is 0 Å². The van der Waals surface area contributed by atoms with E-state index in [9.17, 15) is 0 Å². The molecule has 3 heteroatoms. The molecule has 0 unspecified atom stereocenters. The highest BCUT2D eigenvalue weighted by molar-refractivity contribution is 5.34. The van der Waals surface area contributed by atoms with E-state index in [1.165, 1.54) is 22.3 Å². The molecule has 0 atom stereocenters. The van der Waals surface area contributed by atoms with E-state index in [0.717, 1.165) is 26.2 Å². The van der Waals surface area contributed by atoms with E-state index < -0.39 is 0 Å². The van der Waals surface area contributed by atoms with Crippen molar-refractivity contribution in [3.8, 4) is 0 Å². The minimum absolute atomic E-state index is 0.956. The average Bonchev–Trinajstić information content (AvgIpc) is 2.87. The summed E-state index contributed by atoms with van der Waals surface area (Å²) >= 11 is 0. The van der Waals surface area contributed by atoms with Gasteiger partial charge in [-0.25, -0.2) is 0 Å². The minimum atomic E-state index is 0.956. The topological polar surface area (TPSA) is 28.2 Å². The van der Waals surface area contributed by atoms with Crippen LogP contribution in [0.15, 0.2) is 42.7 Å². The Labute approximate surface area is 114 Å². The number of pyridine rings is 1. The highest BCUT2D eigenvalue weighted by Gasteiger charge is 2.10. The molecule has 98 valence electrons. The van der Waals surface area contributed by atoms with Crippen LogP contribution in [0.1, 0.15) is 22.3 Å². The molecule has 0 aliphatic carbocycles. The van der Waals surface area contributed by atoms with Gasteiger partial charge in [0.2, 0.25) is 0 Å². The second-order valence-electron chi connectivity index (χ2n) is 5.23. The second-order valence-corrected chi connectivity index (χ2v) is 5.23. The van der Waals surface area contributed by atoms with Gasteiger partial charge in [-0.15, -0.1) is 0 Å². The number of rotatable bonds is 4. The zero-order valence-electron chi connectivity index (χ0n) is 11.3. The van der Waals surface area contributed by atoms with Gasteiger partial charge in [-0.3, -0.25) is 9.88 Å². The fraction of sp³-hybridized carbons (Fsp3) is 0.312. The Balaban J connectivity index is 1.65. The van der Waals surface area contributed by atoms with Crippen molar-refractivity contribution in [2.45, 2.75) is 26.2 Å². The Bertz CT molecular complexity index is 551. The highest BCUT2D eigenvalue weighted by Crippen LogP contribution is 2.18. The van der Waals surface area contributed by atoms with Crippen LogP contribution in [-0.2, 0) is 26.2 Å². The number of benzene rings is 1. The van der Waals surface area contributed by atoms with Crippen LogP contribution in [0, 0.1) is 0 Å². The molecule has 1 aromatic carbocycles. The first kappa shape index (κ1) is 12.3. The van der Waals surface area contributed by atoms with Crippen LogP contribution in [-0.4, -0.2) is 16.9 Å². The maximum absolute atomic E-state index is 4.05. The van der Waals surface area contributed by atoms with Crippen molar-refractivity contribution in [2.24, 2.45) is 0 Å². The quantitative estimate of drug-likeness (QED) is 0.906. The average molecular weight is 253 g/mol. The molecule has 3 rings (SSSR count). The molecule has 0 radical (unpaired) electrons. The van der Waals surface area contributed by atoms with Gasteiger partial charge in [-0.05, 0) is 41.4 Å². The number of aromatic nitrogens is 1. The molecule has 0 saturated heterocycles. The Morgan fingerprint density at radius 3 is 2.58 bits per heavy atom.